The Bertz CT molecular complexity index is 434. The standard InChI is InChI=1S/C16H24N2O3.ClH/c1-14-3-5-15(6-4-14)21-13-16(19)17-7-2-8-18-9-11-20-12-10-18;/h3-6H,2,7-13H2,1H3,(H,17,19);1H. The fourth-order valence-electron chi connectivity index (χ4n) is 2.19. The number of amides is 1. The highest BCUT2D eigenvalue weighted by atomic mass is 35.5. The van der Waals surface area contributed by atoms with E-state index in [4.69, 9.17) is 9.47 Å². The molecule has 0 unspecified atom stereocenters. The fourth-order valence-corrected chi connectivity index (χ4v) is 2.19. The van der Waals surface area contributed by atoms with Crippen LogP contribution in [0, 0.1) is 6.92 Å². The number of halogens is 1. The van der Waals surface area contributed by atoms with E-state index in [1.54, 1.807) is 0 Å². The quantitative estimate of drug-likeness (QED) is 0.773. The third-order valence-corrected chi connectivity index (χ3v) is 3.47. The Morgan fingerprint density at radius 2 is 1.95 bits per heavy atom. The number of nitrogens with one attached hydrogen (secondary N) is 1. The van der Waals surface area contributed by atoms with Gasteiger partial charge in [0.15, 0.2) is 6.61 Å². The van der Waals surface area contributed by atoms with Gasteiger partial charge in [0.2, 0.25) is 0 Å². The molecule has 1 aliphatic rings. The number of benzene rings is 1. The largest absolute Gasteiger partial charge is 0.484 e. The molecule has 5 nitrogen and oxygen atoms in total. The maximum absolute atomic E-state index is 11.7. The molecule has 0 atom stereocenters. The van der Waals surface area contributed by atoms with Crippen LogP contribution < -0.4 is 10.1 Å². The molecule has 1 heterocycles. The molecule has 1 fully saturated rings. The van der Waals surface area contributed by atoms with Crippen LogP contribution in [0.15, 0.2) is 24.3 Å². The third-order valence-electron chi connectivity index (χ3n) is 3.47. The van der Waals surface area contributed by atoms with Gasteiger partial charge in [0, 0.05) is 19.6 Å². The Labute approximate surface area is 138 Å². The molecule has 1 aromatic rings. The van der Waals surface area contributed by atoms with E-state index in [1.807, 2.05) is 31.2 Å². The summed E-state index contributed by atoms with van der Waals surface area (Å²) in [7, 11) is 0. The lowest BCUT2D eigenvalue weighted by Crippen LogP contribution is -2.38. The van der Waals surface area contributed by atoms with Gasteiger partial charge in [-0.15, -0.1) is 12.4 Å². The number of hydrogen-bond donors (Lipinski definition) is 1. The highest BCUT2D eigenvalue weighted by Gasteiger charge is 2.09. The second kappa shape index (κ2) is 10.4. The van der Waals surface area contributed by atoms with Crippen molar-refractivity contribution in [1.29, 1.82) is 0 Å². The second-order valence-electron chi connectivity index (χ2n) is 5.26. The molecule has 1 N–H and O–H groups in total. The minimum Gasteiger partial charge on any atom is -0.484 e. The van der Waals surface area contributed by atoms with E-state index in [0.29, 0.717) is 6.54 Å². The monoisotopic (exact) mass is 328 g/mol. The van der Waals surface area contributed by atoms with E-state index >= 15 is 0 Å². The Balaban J connectivity index is 0.00000242. The molecule has 0 bridgehead atoms. The Morgan fingerprint density at radius 1 is 1.27 bits per heavy atom. The van der Waals surface area contributed by atoms with Crippen molar-refractivity contribution < 1.29 is 14.3 Å². The number of nitrogens with zero attached hydrogens (tertiary/aromatic N) is 1. The first-order valence-electron chi connectivity index (χ1n) is 7.50. The van der Waals surface area contributed by atoms with Crippen molar-refractivity contribution in [1.82, 2.24) is 10.2 Å². The summed E-state index contributed by atoms with van der Waals surface area (Å²) in [6, 6.07) is 7.69. The lowest BCUT2D eigenvalue weighted by Gasteiger charge is -2.26. The van der Waals surface area contributed by atoms with E-state index in [1.165, 1.54) is 5.56 Å². The Hall–Kier alpha value is -1.30. The molecule has 22 heavy (non-hydrogen) atoms. The summed E-state index contributed by atoms with van der Waals surface area (Å²) < 4.78 is 10.7. The summed E-state index contributed by atoms with van der Waals surface area (Å²) in [5, 5.41) is 2.88. The maximum Gasteiger partial charge on any atom is 0.257 e. The van der Waals surface area contributed by atoms with Crippen molar-refractivity contribution in [3.05, 3.63) is 29.8 Å². The van der Waals surface area contributed by atoms with Crippen LogP contribution in [0.5, 0.6) is 5.75 Å². The summed E-state index contributed by atoms with van der Waals surface area (Å²) in [5.41, 5.74) is 1.18. The van der Waals surface area contributed by atoms with Gasteiger partial charge in [-0.2, -0.15) is 0 Å². The summed E-state index contributed by atoms with van der Waals surface area (Å²) in [6.07, 6.45) is 0.955. The van der Waals surface area contributed by atoms with Gasteiger partial charge in [-0.25, -0.2) is 0 Å². The number of carbonyl (C=O) groups excluding carboxylic acids is 1. The van der Waals surface area contributed by atoms with Gasteiger partial charge in [0.25, 0.3) is 5.91 Å². The molecule has 0 radical (unpaired) electrons. The van der Waals surface area contributed by atoms with Crippen molar-refractivity contribution >= 4 is 18.3 Å². The second-order valence-corrected chi connectivity index (χ2v) is 5.26. The molecule has 1 amide bonds. The van der Waals surface area contributed by atoms with Crippen LogP contribution in [0.1, 0.15) is 12.0 Å². The normalized spacial score (nSPS) is 15.0. The van der Waals surface area contributed by atoms with E-state index < -0.39 is 0 Å². The SMILES string of the molecule is Cc1ccc(OCC(=O)NCCCN2CCOCC2)cc1.Cl. The molecular formula is C16H25ClN2O3. The first-order valence-corrected chi connectivity index (χ1v) is 7.50. The molecule has 0 spiro atoms. The van der Waals surface area contributed by atoms with Gasteiger partial charge in [-0.3, -0.25) is 9.69 Å². The number of aryl methyl sites for hydroxylation is 1. The number of carbonyl (C=O) groups is 1. The van der Waals surface area contributed by atoms with Crippen LogP contribution >= 0.6 is 12.4 Å². The summed E-state index contributed by atoms with van der Waals surface area (Å²) in [5.74, 6) is 0.654. The summed E-state index contributed by atoms with van der Waals surface area (Å²) in [6.45, 7) is 7.39. The summed E-state index contributed by atoms with van der Waals surface area (Å²) in [4.78, 5) is 14.0. The predicted molar refractivity (Wildman–Crippen MR) is 88.8 cm³/mol. The number of hydrogen-bond acceptors (Lipinski definition) is 4. The van der Waals surface area contributed by atoms with Crippen LogP contribution in [0.4, 0.5) is 0 Å². The van der Waals surface area contributed by atoms with Gasteiger partial charge in [-0.1, -0.05) is 17.7 Å². The fraction of sp³-hybridized carbons (Fsp3) is 0.562. The van der Waals surface area contributed by atoms with Crippen LogP contribution in [-0.4, -0.2) is 56.8 Å². The summed E-state index contributed by atoms with van der Waals surface area (Å²) >= 11 is 0. The predicted octanol–water partition coefficient (Wildman–Crippen LogP) is 1.63. The first-order chi connectivity index (χ1) is 10.2. The van der Waals surface area contributed by atoms with Gasteiger partial charge in [0.1, 0.15) is 5.75 Å². The molecule has 0 saturated carbocycles. The molecule has 2 rings (SSSR count). The smallest absolute Gasteiger partial charge is 0.257 e. The van der Waals surface area contributed by atoms with Crippen molar-refractivity contribution in [2.75, 3.05) is 46.0 Å². The van der Waals surface area contributed by atoms with Crippen LogP contribution in [0.25, 0.3) is 0 Å². The Morgan fingerprint density at radius 3 is 2.64 bits per heavy atom. The van der Waals surface area contributed by atoms with Crippen molar-refractivity contribution in [2.45, 2.75) is 13.3 Å². The molecule has 0 aliphatic carbocycles. The minimum atomic E-state index is -0.0717. The number of ether oxygens (including phenoxy) is 2. The molecular weight excluding hydrogens is 304 g/mol. The van der Waals surface area contributed by atoms with E-state index in [9.17, 15) is 4.79 Å². The zero-order valence-corrected chi connectivity index (χ0v) is 13.9. The van der Waals surface area contributed by atoms with Gasteiger partial charge >= 0.3 is 0 Å². The van der Waals surface area contributed by atoms with E-state index in [2.05, 4.69) is 10.2 Å². The highest BCUT2D eigenvalue weighted by molar-refractivity contribution is 5.85. The van der Waals surface area contributed by atoms with Crippen LogP contribution in [0.2, 0.25) is 0 Å². The molecule has 6 heteroatoms. The van der Waals surface area contributed by atoms with Crippen LogP contribution in [0.3, 0.4) is 0 Å². The molecule has 1 aromatic carbocycles. The number of morpholine rings is 1. The highest BCUT2D eigenvalue weighted by Crippen LogP contribution is 2.10. The van der Waals surface area contributed by atoms with Gasteiger partial charge in [-0.05, 0) is 32.0 Å². The first kappa shape index (κ1) is 18.7. The zero-order valence-electron chi connectivity index (χ0n) is 13.0. The number of rotatable bonds is 7. The lowest BCUT2D eigenvalue weighted by molar-refractivity contribution is -0.123. The molecule has 0 aromatic heterocycles. The average molecular weight is 329 g/mol. The maximum atomic E-state index is 11.7. The zero-order chi connectivity index (χ0) is 14.9. The molecule has 1 aliphatic heterocycles. The molecule has 124 valence electrons. The van der Waals surface area contributed by atoms with E-state index in [0.717, 1.165) is 45.0 Å². The topological polar surface area (TPSA) is 50.8 Å². The minimum absolute atomic E-state index is 0. The van der Waals surface area contributed by atoms with Gasteiger partial charge < -0.3 is 14.8 Å². The van der Waals surface area contributed by atoms with Crippen molar-refractivity contribution in [2.24, 2.45) is 0 Å². The van der Waals surface area contributed by atoms with E-state index in [-0.39, 0.29) is 24.9 Å². The molecule has 1 saturated heterocycles. The lowest BCUT2D eigenvalue weighted by atomic mass is 10.2. The third kappa shape index (κ3) is 7.11. The average Bonchev–Trinajstić information content (AvgIpc) is 2.52. The van der Waals surface area contributed by atoms with Gasteiger partial charge in [0.05, 0.1) is 13.2 Å². The Kier molecular flexibility index (Phi) is 8.89. The van der Waals surface area contributed by atoms with Crippen molar-refractivity contribution in [3.63, 3.8) is 0 Å². The van der Waals surface area contributed by atoms with Crippen LogP contribution in [-0.2, 0) is 9.53 Å². The van der Waals surface area contributed by atoms with Crippen molar-refractivity contribution in [3.8, 4) is 5.75 Å².